The zero-order valence-corrected chi connectivity index (χ0v) is 11.3. The van der Waals surface area contributed by atoms with Crippen LogP contribution in [0, 0.1) is 0 Å². The van der Waals surface area contributed by atoms with Crippen molar-refractivity contribution in [3.05, 3.63) is 28.5 Å². The van der Waals surface area contributed by atoms with E-state index in [-0.39, 0.29) is 12.4 Å². The predicted molar refractivity (Wildman–Crippen MR) is 68.7 cm³/mol. The molecule has 0 aromatic carbocycles. The van der Waals surface area contributed by atoms with Crippen LogP contribution in [0.1, 0.15) is 12.6 Å². The van der Waals surface area contributed by atoms with Crippen molar-refractivity contribution in [3.63, 3.8) is 0 Å². The molecule has 2 heterocycles. The first-order valence-electron chi connectivity index (χ1n) is 5.29. The van der Waals surface area contributed by atoms with Crippen molar-refractivity contribution < 1.29 is 14.6 Å². The van der Waals surface area contributed by atoms with E-state index in [1.54, 1.807) is 0 Å². The van der Waals surface area contributed by atoms with Crippen molar-refractivity contribution in [2.45, 2.75) is 12.5 Å². The molecule has 6 nitrogen and oxygen atoms in total. The van der Waals surface area contributed by atoms with Crippen LogP contribution in [-0.4, -0.2) is 35.2 Å². The van der Waals surface area contributed by atoms with Gasteiger partial charge < -0.3 is 9.84 Å². The summed E-state index contributed by atoms with van der Waals surface area (Å²) in [6.45, 7) is 2.38. The number of ether oxygens (including phenoxy) is 1. The average molecular weight is 314 g/mol. The van der Waals surface area contributed by atoms with Gasteiger partial charge >= 0.3 is 6.09 Å². The number of halogens is 1. The van der Waals surface area contributed by atoms with Gasteiger partial charge in [-0.05, 0) is 35.0 Å². The van der Waals surface area contributed by atoms with Crippen molar-refractivity contribution in [1.82, 2.24) is 10.3 Å². The zero-order valence-electron chi connectivity index (χ0n) is 9.68. The Kier molecular flexibility index (Phi) is 3.63. The van der Waals surface area contributed by atoms with Gasteiger partial charge in [0.05, 0.1) is 12.3 Å². The second-order valence-corrected chi connectivity index (χ2v) is 4.91. The molecule has 0 radical (unpaired) electrons. The summed E-state index contributed by atoms with van der Waals surface area (Å²) in [4.78, 5) is 19.3. The summed E-state index contributed by atoms with van der Waals surface area (Å²) in [5, 5.41) is 10.9. The van der Waals surface area contributed by atoms with Crippen LogP contribution >= 0.6 is 15.9 Å². The Hall–Kier alpha value is -1.47. The fourth-order valence-corrected chi connectivity index (χ4v) is 2.08. The van der Waals surface area contributed by atoms with Crippen molar-refractivity contribution in [3.8, 4) is 0 Å². The Morgan fingerprint density at radius 2 is 2.39 bits per heavy atom. The lowest BCUT2D eigenvalue weighted by Crippen LogP contribution is -2.42. The number of nitrogens with one attached hydrogen (secondary N) is 1. The van der Waals surface area contributed by atoms with E-state index in [9.17, 15) is 4.79 Å². The Balaban J connectivity index is 2.32. The van der Waals surface area contributed by atoms with Crippen molar-refractivity contribution >= 4 is 27.9 Å². The molecule has 2 N–H and O–H groups in total. The van der Waals surface area contributed by atoms with E-state index in [4.69, 9.17) is 9.84 Å². The Labute approximate surface area is 112 Å². The van der Waals surface area contributed by atoms with Gasteiger partial charge in [-0.3, -0.25) is 10.3 Å². The number of aliphatic imine (C=N–C) groups is 1. The molecule has 0 saturated heterocycles. The summed E-state index contributed by atoms with van der Waals surface area (Å²) in [6.07, 6.45) is -1.15. The fourth-order valence-electron chi connectivity index (χ4n) is 1.74. The van der Waals surface area contributed by atoms with Gasteiger partial charge in [0.25, 0.3) is 0 Å². The largest absolute Gasteiger partial charge is 0.465 e. The van der Waals surface area contributed by atoms with E-state index in [1.807, 2.05) is 25.1 Å². The molecule has 1 amide bonds. The number of rotatable bonds is 1. The lowest BCUT2D eigenvalue weighted by molar-refractivity contribution is 0.102. The standard InChI is InChI=1S/C11H12BrN3O3/c1-11(7-3-2-4-8(12)13-7)6-18-5-9(15-11)14-10(16)17/h2-4H,5-6H2,1H3,(H,14,15)(H,16,17). The minimum absolute atomic E-state index is 0.163. The molecule has 1 atom stereocenters. The van der Waals surface area contributed by atoms with Gasteiger partial charge in [-0.25, -0.2) is 9.78 Å². The molecular weight excluding hydrogens is 302 g/mol. The summed E-state index contributed by atoms with van der Waals surface area (Å²) in [6, 6.07) is 5.50. The topological polar surface area (TPSA) is 83.8 Å². The van der Waals surface area contributed by atoms with Crippen LogP contribution in [-0.2, 0) is 10.3 Å². The van der Waals surface area contributed by atoms with Crippen molar-refractivity contribution in [2.75, 3.05) is 13.2 Å². The van der Waals surface area contributed by atoms with Crippen LogP contribution in [0.2, 0.25) is 0 Å². The van der Waals surface area contributed by atoms with Crippen molar-refractivity contribution in [1.29, 1.82) is 0 Å². The van der Waals surface area contributed by atoms with Crippen LogP contribution < -0.4 is 5.32 Å². The molecular formula is C11H12BrN3O3. The minimum atomic E-state index is -1.15. The van der Waals surface area contributed by atoms with Gasteiger partial charge in [-0.1, -0.05) is 6.07 Å². The van der Waals surface area contributed by atoms with E-state index < -0.39 is 11.6 Å². The van der Waals surface area contributed by atoms with E-state index in [1.165, 1.54) is 0 Å². The summed E-state index contributed by atoms with van der Waals surface area (Å²) in [5.41, 5.74) is 0.0427. The van der Waals surface area contributed by atoms with E-state index in [0.717, 1.165) is 5.69 Å². The second kappa shape index (κ2) is 5.03. The highest BCUT2D eigenvalue weighted by molar-refractivity contribution is 9.10. The summed E-state index contributed by atoms with van der Waals surface area (Å²) >= 11 is 3.30. The van der Waals surface area contributed by atoms with Gasteiger partial charge in [-0.2, -0.15) is 0 Å². The van der Waals surface area contributed by atoms with Gasteiger partial charge in [0.2, 0.25) is 0 Å². The number of aromatic nitrogens is 1. The molecule has 0 saturated carbocycles. The molecule has 7 heteroatoms. The third kappa shape index (κ3) is 2.85. The van der Waals surface area contributed by atoms with Gasteiger partial charge in [0.15, 0.2) is 0 Å². The quantitative estimate of drug-likeness (QED) is 0.774. The molecule has 0 fully saturated rings. The minimum Gasteiger partial charge on any atom is -0.465 e. The third-order valence-corrected chi connectivity index (χ3v) is 2.96. The second-order valence-electron chi connectivity index (χ2n) is 4.10. The number of hydrogen-bond acceptors (Lipinski definition) is 4. The highest BCUT2D eigenvalue weighted by Gasteiger charge is 2.32. The smallest absolute Gasteiger partial charge is 0.410 e. The molecule has 1 aliphatic rings. The van der Waals surface area contributed by atoms with Gasteiger partial charge in [0.1, 0.15) is 22.6 Å². The number of pyridine rings is 1. The van der Waals surface area contributed by atoms with E-state index >= 15 is 0 Å². The molecule has 1 aromatic rings. The molecule has 0 spiro atoms. The molecule has 18 heavy (non-hydrogen) atoms. The van der Waals surface area contributed by atoms with Crippen LogP contribution in [0.25, 0.3) is 0 Å². The number of carbonyl (C=O) groups is 1. The summed E-state index contributed by atoms with van der Waals surface area (Å²) in [7, 11) is 0. The highest BCUT2D eigenvalue weighted by atomic mass is 79.9. The Morgan fingerprint density at radius 1 is 1.61 bits per heavy atom. The molecule has 1 unspecified atom stereocenters. The third-order valence-electron chi connectivity index (χ3n) is 2.52. The molecule has 0 bridgehead atoms. The number of amidine groups is 1. The average Bonchev–Trinajstić information content (AvgIpc) is 2.28. The summed E-state index contributed by atoms with van der Waals surface area (Å²) in [5.74, 6) is 0.290. The Morgan fingerprint density at radius 3 is 3.06 bits per heavy atom. The number of carboxylic acid groups (broad SMARTS) is 1. The van der Waals surface area contributed by atoms with Crippen molar-refractivity contribution in [2.24, 2.45) is 4.99 Å². The maximum Gasteiger partial charge on any atom is 0.410 e. The molecule has 0 aliphatic carbocycles. The maximum absolute atomic E-state index is 10.6. The van der Waals surface area contributed by atoms with Crippen LogP contribution in [0.15, 0.2) is 27.8 Å². The van der Waals surface area contributed by atoms with Gasteiger partial charge in [0, 0.05) is 0 Å². The zero-order chi connectivity index (χ0) is 13.2. The van der Waals surface area contributed by atoms with E-state index in [0.29, 0.717) is 11.2 Å². The number of hydrogen-bond donors (Lipinski definition) is 2. The van der Waals surface area contributed by atoms with Crippen LogP contribution in [0.4, 0.5) is 4.79 Å². The predicted octanol–water partition coefficient (Wildman–Crippen LogP) is 1.76. The Bertz CT molecular complexity index is 506. The number of amides is 1. The summed E-state index contributed by atoms with van der Waals surface area (Å²) < 4.78 is 6.08. The molecule has 96 valence electrons. The molecule has 1 aromatic heterocycles. The monoisotopic (exact) mass is 313 g/mol. The van der Waals surface area contributed by atoms with Gasteiger partial charge in [-0.15, -0.1) is 0 Å². The first-order valence-corrected chi connectivity index (χ1v) is 6.08. The molecule has 1 aliphatic heterocycles. The fraction of sp³-hybridized carbons (Fsp3) is 0.364. The first kappa shape index (κ1) is 13.0. The first-order chi connectivity index (χ1) is 8.49. The SMILES string of the molecule is CC1(c2cccc(Br)n2)COCC(NC(=O)O)=N1. The highest BCUT2D eigenvalue weighted by Crippen LogP contribution is 2.27. The maximum atomic E-state index is 10.6. The molecule has 2 rings (SSSR count). The number of nitrogens with zero attached hydrogens (tertiary/aromatic N) is 2. The van der Waals surface area contributed by atoms with Crippen LogP contribution in [0.3, 0.4) is 0 Å². The normalized spacial score (nSPS) is 23.3. The lowest BCUT2D eigenvalue weighted by atomic mass is 9.98. The van der Waals surface area contributed by atoms with Crippen LogP contribution in [0.5, 0.6) is 0 Å². The van der Waals surface area contributed by atoms with E-state index in [2.05, 4.69) is 31.2 Å². The lowest BCUT2D eigenvalue weighted by Gasteiger charge is -2.29.